The zero-order chi connectivity index (χ0) is 18.4. The van der Waals surface area contributed by atoms with Gasteiger partial charge in [0.2, 0.25) is 0 Å². The highest BCUT2D eigenvalue weighted by Crippen LogP contribution is 2.41. The molecular weight excluding hydrogens is 368 g/mol. The number of aromatic hydroxyl groups is 1. The van der Waals surface area contributed by atoms with Crippen LogP contribution in [0.3, 0.4) is 0 Å². The Hall–Kier alpha value is -2.28. The molecule has 27 heavy (non-hydrogen) atoms. The number of halogens is 1. The van der Waals surface area contributed by atoms with Crippen molar-refractivity contribution in [3.05, 3.63) is 53.6 Å². The Labute approximate surface area is 165 Å². The molecule has 1 amide bonds. The number of unbranched alkanes of at least 4 members (excludes halogenated alkanes) is 1. The zero-order valence-corrected chi connectivity index (χ0v) is 15.8. The molecule has 1 aliphatic rings. The summed E-state index contributed by atoms with van der Waals surface area (Å²) in [6, 6.07) is 13.4. The summed E-state index contributed by atoms with van der Waals surface area (Å²) in [6.45, 7) is 1.06. The van der Waals surface area contributed by atoms with Crippen molar-refractivity contribution in [2.24, 2.45) is 0 Å². The van der Waals surface area contributed by atoms with Gasteiger partial charge >= 0.3 is 0 Å². The number of rotatable bonds is 8. The van der Waals surface area contributed by atoms with E-state index in [0.717, 1.165) is 25.8 Å². The number of carbonyl (C=O) groups excluding carboxylic acids is 1. The lowest BCUT2D eigenvalue weighted by molar-refractivity contribution is -0.118. The molecule has 1 atom stereocenters. The van der Waals surface area contributed by atoms with Crippen molar-refractivity contribution in [1.29, 1.82) is 0 Å². The molecule has 1 unspecified atom stereocenters. The van der Waals surface area contributed by atoms with E-state index in [1.165, 1.54) is 11.6 Å². The number of amides is 1. The second-order valence-corrected chi connectivity index (χ2v) is 6.38. The number of hydrogen-bond acceptors (Lipinski definition) is 5. The number of nitrogens with one attached hydrogen (secondary N) is 2. The highest BCUT2D eigenvalue weighted by Gasteiger charge is 2.25. The van der Waals surface area contributed by atoms with Crippen molar-refractivity contribution >= 4 is 24.0 Å². The van der Waals surface area contributed by atoms with Gasteiger partial charge in [-0.05, 0) is 43.5 Å². The van der Waals surface area contributed by atoms with Gasteiger partial charge in [0.05, 0.1) is 6.10 Å². The maximum Gasteiger partial charge on any atom is 0.262 e. The van der Waals surface area contributed by atoms with Crippen molar-refractivity contribution in [1.82, 2.24) is 5.32 Å². The Balaban J connectivity index is 0.00000261. The van der Waals surface area contributed by atoms with E-state index >= 15 is 0 Å². The van der Waals surface area contributed by atoms with E-state index in [2.05, 4.69) is 22.8 Å². The number of aliphatic hydroxyl groups excluding tert-OH is 1. The molecule has 0 saturated heterocycles. The lowest BCUT2D eigenvalue weighted by atomic mass is 10.0. The van der Waals surface area contributed by atoms with Crippen LogP contribution >= 0.6 is 12.4 Å². The average Bonchev–Trinajstić information content (AvgIpc) is 2.66. The van der Waals surface area contributed by atoms with Gasteiger partial charge in [-0.3, -0.25) is 4.79 Å². The third-order valence-electron chi connectivity index (χ3n) is 4.39. The molecule has 2 aromatic carbocycles. The van der Waals surface area contributed by atoms with Gasteiger partial charge < -0.3 is 25.6 Å². The average molecular weight is 393 g/mol. The highest BCUT2D eigenvalue weighted by molar-refractivity contribution is 5.97. The largest absolute Gasteiger partial charge is 0.506 e. The minimum atomic E-state index is -0.784. The molecule has 1 aliphatic heterocycles. The molecule has 0 radical (unpaired) electrons. The summed E-state index contributed by atoms with van der Waals surface area (Å²) < 4.78 is 5.40. The molecule has 1 heterocycles. The van der Waals surface area contributed by atoms with Crippen LogP contribution in [0.1, 0.15) is 30.1 Å². The fourth-order valence-corrected chi connectivity index (χ4v) is 3.01. The summed E-state index contributed by atoms with van der Waals surface area (Å²) in [5.74, 6) is -0.0585. The van der Waals surface area contributed by atoms with Crippen LogP contribution in [0, 0.1) is 0 Å². The van der Waals surface area contributed by atoms with E-state index in [4.69, 9.17) is 4.74 Å². The number of carbonyl (C=O) groups is 1. The Morgan fingerprint density at radius 3 is 2.70 bits per heavy atom. The van der Waals surface area contributed by atoms with Crippen LogP contribution in [0.25, 0.3) is 0 Å². The first-order chi connectivity index (χ1) is 12.6. The Bertz CT molecular complexity index is 755. The second-order valence-electron chi connectivity index (χ2n) is 6.38. The summed E-state index contributed by atoms with van der Waals surface area (Å²) in [7, 11) is 0. The summed E-state index contributed by atoms with van der Waals surface area (Å²) in [5, 5.41) is 26.1. The van der Waals surface area contributed by atoms with Gasteiger partial charge in [-0.15, -0.1) is 12.4 Å². The third kappa shape index (κ3) is 5.60. The second kappa shape index (κ2) is 10.2. The van der Waals surface area contributed by atoms with Gasteiger partial charge in [0, 0.05) is 12.1 Å². The molecule has 6 nitrogen and oxygen atoms in total. The first kappa shape index (κ1) is 21.0. The molecule has 146 valence electrons. The molecule has 0 fully saturated rings. The first-order valence-electron chi connectivity index (χ1n) is 8.86. The van der Waals surface area contributed by atoms with Crippen molar-refractivity contribution in [2.75, 3.05) is 25.0 Å². The predicted molar refractivity (Wildman–Crippen MR) is 107 cm³/mol. The molecule has 0 aliphatic carbocycles. The summed E-state index contributed by atoms with van der Waals surface area (Å²) >= 11 is 0. The molecule has 0 saturated carbocycles. The quantitative estimate of drug-likeness (QED) is 0.409. The smallest absolute Gasteiger partial charge is 0.262 e. The Morgan fingerprint density at radius 2 is 1.93 bits per heavy atom. The van der Waals surface area contributed by atoms with Crippen molar-refractivity contribution in [3.63, 3.8) is 0 Å². The van der Waals surface area contributed by atoms with Gasteiger partial charge in [-0.2, -0.15) is 0 Å². The molecule has 4 N–H and O–H groups in total. The van der Waals surface area contributed by atoms with Crippen LogP contribution in [0.2, 0.25) is 0 Å². The van der Waals surface area contributed by atoms with E-state index in [1.54, 1.807) is 6.07 Å². The van der Waals surface area contributed by atoms with E-state index < -0.39 is 6.10 Å². The third-order valence-corrected chi connectivity index (χ3v) is 4.39. The fourth-order valence-electron chi connectivity index (χ4n) is 3.01. The molecule has 3 rings (SSSR count). The van der Waals surface area contributed by atoms with Crippen molar-refractivity contribution < 1.29 is 19.7 Å². The number of phenols is 1. The molecule has 0 spiro atoms. The lowest BCUT2D eigenvalue weighted by Gasteiger charge is -2.23. The molecular formula is C20H25ClN2O4. The first-order valence-corrected chi connectivity index (χ1v) is 8.86. The number of aryl methyl sites for hydroxylation is 1. The molecule has 0 bridgehead atoms. The lowest BCUT2D eigenvalue weighted by Crippen LogP contribution is -2.28. The van der Waals surface area contributed by atoms with Crippen LogP contribution in [0.5, 0.6) is 11.5 Å². The number of phenolic OH excluding ortho intramolecular Hbond substituents is 1. The van der Waals surface area contributed by atoms with Crippen molar-refractivity contribution in [3.8, 4) is 11.5 Å². The summed E-state index contributed by atoms with van der Waals surface area (Å²) in [4.78, 5) is 11.4. The standard InChI is InChI=1S/C20H24N2O4.ClH/c23-16-10-9-15(20-19(16)22-18(25)13-26-20)17(24)12-21-11-5-4-8-14-6-2-1-3-7-14;/h1-3,6-7,9-10,17,21,23-24H,4-5,8,11-13H2,(H,22,25);1H. The predicted octanol–water partition coefficient (Wildman–Crippen LogP) is 2.79. The van der Waals surface area contributed by atoms with E-state index in [-0.39, 0.29) is 36.4 Å². The summed E-state index contributed by atoms with van der Waals surface area (Å²) in [6.07, 6.45) is 2.36. The molecule has 2 aromatic rings. The van der Waals surface area contributed by atoms with Crippen LogP contribution in [0.15, 0.2) is 42.5 Å². The zero-order valence-electron chi connectivity index (χ0n) is 15.0. The van der Waals surface area contributed by atoms with E-state index in [0.29, 0.717) is 17.9 Å². The van der Waals surface area contributed by atoms with Crippen molar-refractivity contribution in [2.45, 2.75) is 25.4 Å². The number of anilines is 1. The topological polar surface area (TPSA) is 90.8 Å². The SMILES string of the molecule is Cl.O=C1COc2c(C(O)CNCCCCc3ccccc3)ccc(O)c2N1. The number of benzene rings is 2. The molecule has 7 heteroatoms. The van der Waals surface area contributed by atoms with Gasteiger partial charge in [0.15, 0.2) is 12.4 Å². The van der Waals surface area contributed by atoms with Crippen LogP contribution in [-0.2, 0) is 11.2 Å². The molecule has 0 aromatic heterocycles. The maximum absolute atomic E-state index is 11.4. The maximum atomic E-state index is 11.4. The van der Waals surface area contributed by atoms with Crippen LogP contribution in [-0.4, -0.2) is 35.8 Å². The van der Waals surface area contributed by atoms with Gasteiger partial charge in [0.1, 0.15) is 11.4 Å². The summed E-state index contributed by atoms with van der Waals surface area (Å²) in [5.41, 5.74) is 2.11. The van der Waals surface area contributed by atoms with Gasteiger partial charge in [0.25, 0.3) is 5.91 Å². The van der Waals surface area contributed by atoms with Gasteiger partial charge in [-0.25, -0.2) is 0 Å². The van der Waals surface area contributed by atoms with Gasteiger partial charge in [-0.1, -0.05) is 30.3 Å². The monoisotopic (exact) mass is 392 g/mol. The minimum Gasteiger partial charge on any atom is -0.506 e. The Morgan fingerprint density at radius 1 is 1.15 bits per heavy atom. The fraction of sp³-hybridized carbons (Fsp3) is 0.350. The number of ether oxygens (including phenoxy) is 1. The minimum absolute atomic E-state index is 0. The van der Waals surface area contributed by atoms with E-state index in [1.807, 2.05) is 18.2 Å². The Kier molecular flexibility index (Phi) is 7.91. The number of aliphatic hydroxyl groups is 1. The van der Waals surface area contributed by atoms with Crippen LogP contribution < -0.4 is 15.4 Å². The van der Waals surface area contributed by atoms with E-state index in [9.17, 15) is 15.0 Å². The van der Waals surface area contributed by atoms with Crippen LogP contribution in [0.4, 0.5) is 5.69 Å². The highest BCUT2D eigenvalue weighted by atomic mass is 35.5. The normalized spacial score (nSPS) is 13.7. The number of fused-ring (bicyclic) bond motifs is 1. The number of hydrogen-bond donors (Lipinski definition) is 4.